The number of aryl methyl sites for hydroxylation is 1. The Balaban J connectivity index is 1.81. The molecule has 0 aliphatic carbocycles. The van der Waals surface area contributed by atoms with E-state index < -0.39 is 16.1 Å². The Labute approximate surface area is 139 Å². The van der Waals surface area contributed by atoms with E-state index in [4.69, 9.17) is 0 Å². The van der Waals surface area contributed by atoms with Crippen molar-refractivity contribution in [3.05, 3.63) is 41.4 Å². The summed E-state index contributed by atoms with van der Waals surface area (Å²) in [6.45, 7) is 2.25. The number of thiazole rings is 1. The first-order valence-corrected chi connectivity index (χ1v) is 9.54. The lowest BCUT2D eigenvalue weighted by molar-refractivity contribution is -0.119. The van der Waals surface area contributed by atoms with Crippen molar-refractivity contribution < 1.29 is 13.2 Å². The molecule has 2 aromatic rings. The molecule has 1 unspecified atom stereocenters. The molecule has 1 atom stereocenters. The molecule has 1 amide bonds. The highest BCUT2D eigenvalue weighted by atomic mass is 32.2. The molecule has 0 bridgehead atoms. The number of sulfonamides is 1. The van der Waals surface area contributed by atoms with E-state index in [1.165, 1.54) is 15.6 Å². The lowest BCUT2D eigenvalue weighted by Crippen LogP contribution is -2.43. The molecule has 1 N–H and O–H groups in total. The molecule has 1 aromatic heterocycles. The second-order valence-corrected chi connectivity index (χ2v) is 8.48. The smallest absolute Gasteiger partial charge is 0.244 e. The third-order valence-corrected chi connectivity index (χ3v) is 6.46. The van der Waals surface area contributed by atoms with Crippen LogP contribution in [0.1, 0.15) is 17.7 Å². The van der Waals surface area contributed by atoms with Gasteiger partial charge in [0.25, 0.3) is 0 Å². The van der Waals surface area contributed by atoms with E-state index in [2.05, 4.69) is 10.3 Å². The van der Waals surface area contributed by atoms with Gasteiger partial charge in [-0.2, -0.15) is 4.31 Å². The standard InChI is InChI=1S/C15H17N3O3S2/c1-11-10-16-15(22-11)17-14(19)13-8-5-9-18(13)23(20,21)12-6-3-2-4-7-12/h2-4,6-7,10,13H,5,8-9H2,1H3,(H,16,17,19). The molecule has 6 nitrogen and oxygen atoms in total. The van der Waals surface area contributed by atoms with Crippen LogP contribution in [0.5, 0.6) is 0 Å². The highest BCUT2D eigenvalue weighted by Crippen LogP contribution is 2.27. The average Bonchev–Trinajstić information content (AvgIpc) is 3.17. The Morgan fingerprint density at radius 3 is 2.74 bits per heavy atom. The number of carbonyl (C=O) groups is 1. The second-order valence-electron chi connectivity index (χ2n) is 5.35. The predicted octanol–water partition coefficient (Wildman–Crippen LogP) is 2.24. The molecule has 1 fully saturated rings. The molecule has 122 valence electrons. The Morgan fingerprint density at radius 2 is 2.09 bits per heavy atom. The van der Waals surface area contributed by atoms with Crippen molar-refractivity contribution in [3.63, 3.8) is 0 Å². The summed E-state index contributed by atoms with van der Waals surface area (Å²) < 4.78 is 26.8. The van der Waals surface area contributed by atoms with Crippen molar-refractivity contribution in [2.75, 3.05) is 11.9 Å². The Kier molecular flexibility index (Phi) is 4.47. The first-order chi connectivity index (χ1) is 11.0. The number of benzene rings is 1. The van der Waals surface area contributed by atoms with E-state index in [0.717, 1.165) is 4.88 Å². The third-order valence-electron chi connectivity index (χ3n) is 3.71. The largest absolute Gasteiger partial charge is 0.301 e. The summed E-state index contributed by atoms with van der Waals surface area (Å²) in [6, 6.07) is 7.52. The van der Waals surface area contributed by atoms with Crippen molar-refractivity contribution in [1.82, 2.24) is 9.29 Å². The van der Waals surface area contributed by atoms with Crippen LogP contribution in [0.25, 0.3) is 0 Å². The molecule has 0 spiro atoms. The Hall–Kier alpha value is -1.77. The highest BCUT2D eigenvalue weighted by Gasteiger charge is 2.39. The van der Waals surface area contributed by atoms with Gasteiger partial charge >= 0.3 is 0 Å². The lowest BCUT2D eigenvalue weighted by atomic mass is 10.2. The van der Waals surface area contributed by atoms with E-state index >= 15 is 0 Å². The quantitative estimate of drug-likeness (QED) is 0.916. The van der Waals surface area contributed by atoms with Crippen molar-refractivity contribution in [3.8, 4) is 0 Å². The zero-order valence-corrected chi connectivity index (χ0v) is 14.2. The number of anilines is 1. The van der Waals surface area contributed by atoms with E-state index in [0.29, 0.717) is 24.5 Å². The minimum absolute atomic E-state index is 0.213. The van der Waals surface area contributed by atoms with Gasteiger partial charge < -0.3 is 5.32 Å². The number of hydrogen-bond acceptors (Lipinski definition) is 5. The lowest BCUT2D eigenvalue weighted by Gasteiger charge is -2.22. The van der Waals surface area contributed by atoms with Gasteiger partial charge in [-0.1, -0.05) is 18.2 Å². The van der Waals surface area contributed by atoms with Gasteiger partial charge in [0.15, 0.2) is 5.13 Å². The van der Waals surface area contributed by atoms with Gasteiger partial charge in [-0.3, -0.25) is 4.79 Å². The zero-order chi connectivity index (χ0) is 16.4. The predicted molar refractivity (Wildman–Crippen MR) is 88.8 cm³/mol. The van der Waals surface area contributed by atoms with Gasteiger partial charge in [0.2, 0.25) is 15.9 Å². The molecule has 8 heteroatoms. The molecule has 1 aromatic carbocycles. The summed E-state index contributed by atoms with van der Waals surface area (Å²) in [5.41, 5.74) is 0. The number of rotatable bonds is 4. The fraction of sp³-hybridized carbons (Fsp3) is 0.333. The van der Waals surface area contributed by atoms with Crippen LogP contribution in [0.3, 0.4) is 0 Å². The van der Waals surface area contributed by atoms with Crippen molar-refractivity contribution in [2.24, 2.45) is 0 Å². The van der Waals surface area contributed by atoms with Gasteiger partial charge in [0.1, 0.15) is 6.04 Å². The topological polar surface area (TPSA) is 79.4 Å². The van der Waals surface area contributed by atoms with Crippen molar-refractivity contribution in [1.29, 1.82) is 0 Å². The van der Waals surface area contributed by atoms with Crippen LogP contribution in [0.4, 0.5) is 5.13 Å². The van der Waals surface area contributed by atoms with Crippen LogP contribution in [-0.2, 0) is 14.8 Å². The van der Waals surface area contributed by atoms with Gasteiger partial charge in [-0.15, -0.1) is 11.3 Å². The maximum atomic E-state index is 12.7. The fourth-order valence-corrected chi connectivity index (χ4v) is 4.96. The maximum absolute atomic E-state index is 12.7. The minimum Gasteiger partial charge on any atom is -0.301 e. The molecule has 0 radical (unpaired) electrons. The van der Waals surface area contributed by atoms with E-state index in [1.54, 1.807) is 36.5 Å². The molecule has 23 heavy (non-hydrogen) atoms. The van der Waals surface area contributed by atoms with Crippen LogP contribution in [0.2, 0.25) is 0 Å². The van der Waals surface area contributed by atoms with Gasteiger partial charge in [0.05, 0.1) is 4.90 Å². The number of hydrogen-bond donors (Lipinski definition) is 1. The zero-order valence-electron chi connectivity index (χ0n) is 12.6. The SMILES string of the molecule is Cc1cnc(NC(=O)C2CCCN2S(=O)(=O)c2ccccc2)s1. The van der Waals surface area contributed by atoms with Crippen molar-refractivity contribution >= 4 is 32.4 Å². The molecule has 0 saturated carbocycles. The second kappa shape index (κ2) is 6.38. The van der Waals surface area contributed by atoms with E-state index in [-0.39, 0.29) is 10.8 Å². The number of nitrogens with zero attached hydrogens (tertiary/aromatic N) is 2. The monoisotopic (exact) mass is 351 g/mol. The first kappa shape index (κ1) is 16.1. The molecular weight excluding hydrogens is 334 g/mol. The molecule has 1 aliphatic heterocycles. The summed E-state index contributed by atoms with van der Waals surface area (Å²) in [4.78, 5) is 17.8. The van der Waals surface area contributed by atoms with Crippen LogP contribution in [-0.4, -0.2) is 36.2 Å². The first-order valence-electron chi connectivity index (χ1n) is 7.28. The van der Waals surface area contributed by atoms with E-state index in [1.807, 2.05) is 6.92 Å². The molecule has 2 heterocycles. The maximum Gasteiger partial charge on any atom is 0.244 e. The fourth-order valence-electron chi connectivity index (χ4n) is 2.62. The Bertz CT molecular complexity index is 802. The molecule has 3 rings (SSSR count). The number of nitrogens with one attached hydrogen (secondary N) is 1. The van der Waals surface area contributed by atoms with Gasteiger partial charge in [-0.05, 0) is 31.9 Å². The summed E-state index contributed by atoms with van der Waals surface area (Å²) in [5, 5.41) is 3.22. The van der Waals surface area contributed by atoms with Crippen molar-refractivity contribution in [2.45, 2.75) is 30.7 Å². The summed E-state index contributed by atoms with van der Waals surface area (Å²) in [7, 11) is -3.66. The Morgan fingerprint density at radius 1 is 1.35 bits per heavy atom. The minimum atomic E-state index is -3.66. The highest BCUT2D eigenvalue weighted by molar-refractivity contribution is 7.89. The number of carbonyl (C=O) groups excluding carboxylic acids is 1. The third kappa shape index (κ3) is 3.29. The van der Waals surface area contributed by atoms with Gasteiger partial charge in [-0.25, -0.2) is 13.4 Å². The van der Waals surface area contributed by atoms with Crippen LogP contribution < -0.4 is 5.32 Å². The molecule has 1 saturated heterocycles. The summed E-state index contributed by atoms with van der Waals surface area (Å²) in [6.07, 6.45) is 2.86. The number of aromatic nitrogens is 1. The van der Waals surface area contributed by atoms with Gasteiger partial charge in [0, 0.05) is 17.6 Å². The molecular formula is C15H17N3O3S2. The summed E-state index contributed by atoms with van der Waals surface area (Å²) >= 11 is 1.37. The molecule has 1 aliphatic rings. The van der Waals surface area contributed by atoms with Crippen LogP contribution >= 0.6 is 11.3 Å². The average molecular weight is 351 g/mol. The van der Waals surface area contributed by atoms with Crippen LogP contribution in [0, 0.1) is 6.92 Å². The normalized spacial score (nSPS) is 18.9. The summed E-state index contributed by atoms with van der Waals surface area (Å²) in [5.74, 6) is -0.323. The van der Waals surface area contributed by atoms with Crippen LogP contribution in [0.15, 0.2) is 41.4 Å². The van der Waals surface area contributed by atoms with E-state index in [9.17, 15) is 13.2 Å². The number of amides is 1.